The molecule has 0 radical (unpaired) electrons. The molecule has 1 N–H and O–H groups in total. The van der Waals surface area contributed by atoms with Crippen LogP contribution in [-0.2, 0) is 9.47 Å². The number of allylic oxidation sites excluding steroid dienone is 1. The Labute approximate surface area is 91.1 Å². The topological polar surface area (TPSA) is 38.7 Å². The SMILES string of the molecule is CCC1(CO)COCCC2=C(CC2)OC1. The first-order chi connectivity index (χ1) is 7.29. The van der Waals surface area contributed by atoms with Gasteiger partial charge in [-0.25, -0.2) is 0 Å². The average Bonchev–Trinajstić information content (AvgIpc) is 2.29. The summed E-state index contributed by atoms with van der Waals surface area (Å²) in [7, 11) is 0. The predicted octanol–water partition coefficient (Wildman–Crippen LogP) is 1.86. The number of aliphatic hydroxyl groups excluding tert-OH is 1. The summed E-state index contributed by atoms with van der Waals surface area (Å²) >= 11 is 0. The summed E-state index contributed by atoms with van der Waals surface area (Å²) in [4.78, 5) is 0. The Bertz CT molecular complexity index is 254. The fourth-order valence-electron chi connectivity index (χ4n) is 2.02. The van der Waals surface area contributed by atoms with Gasteiger partial charge in [-0.2, -0.15) is 0 Å². The zero-order valence-corrected chi connectivity index (χ0v) is 9.42. The Balaban J connectivity index is 2.05. The number of hydrogen-bond donors (Lipinski definition) is 1. The quantitative estimate of drug-likeness (QED) is 0.759. The second kappa shape index (κ2) is 4.54. The van der Waals surface area contributed by atoms with Gasteiger partial charge in [-0.05, 0) is 24.8 Å². The van der Waals surface area contributed by atoms with Crippen molar-refractivity contribution in [1.29, 1.82) is 0 Å². The van der Waals surface area contributed by atoms with Crippen LogP contribution >= 0.6 is 0 Å². The van der Waals surface area contributed by atoms with E-state index < -0.39 is 0 Å². The highest BCUT2D eigenvalue weighted by Crippen LogP contribution is 2.35. The molecule has 15 heavy (non-hydrogen) atoms. The third kappa shape index (κ3) is 2.18. The van der Waals surface area contributed by atoms with Crippen LogP contribution in [0.25, 0.3) is 0 Å². The van der Waals surface area contributed by atoms with E-state index >= 15 is 0 Å². The van der Waals surface area contributed by atoms with Crippen LogP contribution in [0.5, 0.6) is 0 Å². The first-order valence-electron chi connectivity index (χ1n) is 5.82. The molecule has 0 spiro atoms. The largest absolute Gasteiger partial charge is 0.497 e. The fourth-order valence-corrected chi connectivity index (χ4v) is 2.02. The van der Waals surface area contributed by atoms with Gasteiger partial charge in [0.15, 0.2) is 0 Å². The molecule has 0 bridgehead atoms. The summed E-state index contributed by atoms with van der Waals surface area (Å²) < 4.78 is 11.4. The number of aliphatic hydroxyl groups is 1. The maximum atomic E-state index is 9.44. The van der Waals surface area contributed by atoms with E-state index in [1.807, 2.05) is 0 Å². The molecule has 3 heteroatoms. The number of rotatable bonds is 2. The van der Waals surface area contributed by atoms with Gasteiger partial charge in [0.25, 0.3) is 0 Å². The van der Waals surface area contributed by atoms with E-state index in [9.17, 15) is 5.11 Å². The van der Waals surface area contributed by atoms with Crippen LogP contribution in [0.1, 0.15) is 32.6 Å². The molecule has 3 nitrogen and oxygen atoms in total. The van der Waals surface area contributed by atoms with E-state index in [2.05, 4.69) is 6.92 Å². The molecule has 0 saturated carbocycles. The van der Waals surface area contributed by atoms with Crippen molar-refractivity contribution in [2.24, 2.45) is 5.41 Å². The predicted molar refractivity (Wildman–Crippen MR) is 57.5 cm³/mol. The second-order valence-electron chi connectivity index (χ2n) is 4.63. The summed E-state index contributed by atoms with van der Waals surface area (Å²) in [6.45, 7) is 4.20. The Kier molecular flexibility index (Phi) is 3.32. The van der Waals surface area contributed by atoms with E-state index in [1.165, 1.54) is 5.57 Å². The number of hydrogen-bond acceptors (Lipinski definition) is 3. The molecule has 86 valence electrons. The zero-order valence-electron chi connectivity index (χ0n) is 9.42. The highest BCUT2D eigenvalue weighted by molar-refractivity contribution is 5.19. The highest BCUT2D eigenvalue weighted by Gasteiger charge is 2.32. The first-order valence-corrected chi connectivity index (χ1v) is 5.82. The van der Waals surface area contributed by atoms with Crippen molar-refractivity contribution >= 4 is 0 Å². The highest BCUT2D eigenvalue weighted by atomic mass is 16.5. The van der Waals surface area contributed by atoms with Crippen LogP contribution in [0.3, 0.4) is 0 Å². The third-order valence-electron chi connectivity index (χ3n) is 3.64. The molecule has 2 aliphatic rings. The summed E-state index contributed by atoms with van der Waals surface area (Å²) in [5.41, 5.74) is 1.22. The molecule has 0 saturated heterocycles. The van der Waals surface area contributed by atoms with Crippen LogP contribution < -0.4 is 0 Å². The van der Waals surface area contributed by atoms with Crippen molar-refractivity contribution in [3.05, 3.63) is 11.3 Å². The molecule has 1 atom stereocenters. The lowest BCUT2D eigenvalue weighted by molar-refractivity contribution is -0.0344. The standard InChI is InChI=1S/C12H20O3/c1-2-12(7-13)8-14-6-5-10-3-4-11(10)15-9-12/h13H,2-9H2,1H3. The van der Waals surface area contributed by atoms with Crippen LogP contribution in [0.4, 0.5) is 0 Å². The smallest absolute Gasteiger partial charge is 0.0977 e. The minimum Gasteiger partial charge on any atom is -0.497 e. The Morgan fingerprint density at radius 3 is 2.73 bits per heavy atom. The van der Waals surface area contributed by atoms with Gasteiger partial charge in [-0.1, -0.05) is 6.92 Å². The normalized spacial score (nSPS) is 31.9. The first kappa shape index (κ1) is 11.0. The molecule has 0 amide bonds. The maximum absolute atomic E-state index is 9.44. The second-order valence-corrected chi connectivity index (χ2v) is 4.63. The number of ether oxygens (including phenoxy) is 2. The molecule has 0 fully saturated rings. The van der Waals surface area contributed by atoms with Gasteiger partial charge in [-0.3, -0.25) is 0 Å². The summed E-state index contributed by atoms with van der Waals surface area (Å²) in [5, 5.41) is 9.44. The third-order valence-corrected chi connectivity index (χ3v) is 3.64. The zero-order chi connectivity index (χ0) is 10.7. The molecular formula is C12H20O3. The molecule has 0 aromatic heterocycles. The van der Waals surface area contributed by atoms with Crippen LogP contribution in [0.2, 0.25) is 0 Å². The van der Waals surface area contributed by atoms with E-state index in [-0.39, 0.29) is 12.0 Å². The minimum atomic E-state index is -0.196. The summed E-state index contributed by atoms with van der Waals surface area (Å²) in [5.74, 6) is 1.16. The van der Waals surface area contributed by atoms with E-state index in [0.29, 0.717) is 13.2 Å². The van der Waals surface area contributed by atoms with Crippen molar-refractivity contribution in [2.75, 3.05) is 26.4 Å². The minimum absolute atomic E-state index is 0.145. The lowest BCUT2D eigenvalue weighted by Crippen LogP contribution is -2.35. The van der Waals surface area contributed by atoms with E-state index in [1.54, 1.807) is 0 Å². The van der Waals surface area contributed by atoms with Gasteiger partial charge in [0, 0.05) is 6.42 Å². The van der Waals surface area contributed by atoms with E-state index in [4.69, 9.17) is 9.47 Å². The average molecular weight is 212 g/mol. The molecule has 2 rings (SSSR count). The van der Waals surface area contributed by atoms with Gasteiger partial charge in [0.05, 0.1) is 37.6 Å². The van der Waals surface area contributed by atoms with Gasteiger partial charge in [0.1, 0.15) is 0 Å². The van der Waals surface area contributed by atoms with Crippen LogP contribution in [0, 0.1) is 5.41 Å². The van der Waals surface area contributed by atoms with Gasteiger partial charge in [0.2, 0.25) is 0 Å². The van der Waals surface area contributed by atoms with Crippen LogP contribution in [-0.4, -0.2) is 31.5 Å². The molecule has 1 unspecified atom stereocenters. The van der Waals surface area contributed by atoms with Gasteiger partial charge in [-0.15, -0.1) is 0 Å². The lowest BCUT2D eigenvalue weighted by Gasteiger charge is -2.31. The Morgan fingerprint density at radius 1 is 1.27 bits per heavy atom. The van der Waals surface area contributed by atoms with E-state index in [0.717, 1.165) is 38.0 Å². The van der Waals surface area contributed by atoms with Crippen molar-refractivity contribution in [3.8, 4) is 0 Å². The molecule has 1 heterocycles. The molecule has 0 aromatic rings. The van der Waals surface area contributed by atoms with Crippen LogP contribution in [0.15, 0.2) is 11.3 Å². The lowest BCUT2D eigenvalue weighted by atomic mass is 9.88. The van der Waals surface area contributed by atoms with Crippen molar-refractivity contribution in [1.82, 2.24) is 0 Å². The van der Waals surface area contributed by atoms with Gasteiger partial charge >= 0.3 is 0 Å². The molecule has 0 aromatic carbocycles. The van der Waals surface area contributed by atoms with Crippen molar-refractivity contribution < 1.29 is 14.6 Å². The van der Waals surface area contributed by atoms with Gasteiger partial charge < -0.3 is 14.6 Å². The summed E-state index contributed by atoms with van der Waals surface area (Å²) in [6.07, 6.45) is 4.13. The van der Waals surface area contributed by atoms with Crippen molar-refractivity contribution in [2.45, 2.75) is 32.6 Å². The summed E-state index contributed by atoms with van der Waals surface area (Å²) in [6, 6.07) is 0. The molecular weight excluding hydrogens is 192 g/mol. The maximum Gasteiger partial charge on any atom is 0.0977 e. The Morgan fingerprint density at radius 2 is 2.13 bits per heavy atom. The Hall–Kier alpha value is -0.540. The molecule has 1 aliphatic carbocycles. The fraction of sp³-hybridized carbons (Fsp3) is 0.833. The monoisotopic (exact) mass is 212 g/mol. The molecule has 1 aliphatic heterocycles. The van der Waals surface area contributed by atoms with Crippen molar-refractivity contribution in [3.63, 3.8) is 0 Å².